The Kier molecular flexibility index (Phi) is 4.04. The molecular weight excluding hydrogens is 222 g/mol. The Labute approximate surface area is 108 Å². The summed E-state index contributed by atoms with van der Waals surface area (Å²) in [4.78, 5) is 0. The van der Waals surface area contributed by atoms with Crippen molar-refractivity contribution in [3.63, 3.8) is 0 Å². The Hall–Kier alpha value is -1.75. The van der Waals surface area contributed by atoms with E-state index in [1.807, 2.05) is 25.1 Å². The van der Waals surface area contributed by atoms with Gasteiger partial charge in [-0.25, -0.2) is 0 Å². The van der Waals surface area contributed by atoms with Gasteiger partial charge >= 0.3 is 0 Å². The molecule has 0 atom stereocenters. The van der Waals surface area contributed by atoms with E-state index in [0.29, 0.717) is 0 Å². The third kappa shape index (κ3) is 2.56. The first kappa shape index (κ1) is 12.7. The first-order chi connectivity index (χ1) is 8.76. The molecule has 0 aliphatic rings. The minimum absolute atomic E-state index is 0.727. The Balaban J connectivity index is 2.25. The normalized spacial score (nSPS) is 10.7. The van der Waals surface area contributed by atoms with E-state index in [1.165, 1.54) is 19.3 Å². The maximum absolute atomic E-state index is 9.29. The van der Waals surface area contributed by atoms with Crippen LogP contribution in [-0.2, 0) is 6.42 Å². The van der Waals surface area contributed by atoms with Gasteiger partial charge in [-0.05, 0) is 25.5 Å². The lowest BCUT2D eigenvalue weighted by Gasteiger charge is -1.97. The second kappa shape index (κ2) is 5.73. The van der Waals surface area contributed by atoms with Gasteiger partial charge in [-0.1, -0.05) is 37.8 Å². The number of unbranched alkanes of at least 4 members (excludes halogenated alkanes) is 3. The standard InChI is InChI=1S/C16H19NO/c1-3-4-5-6-7-15-14(11-17)13-10-12(2)8-9-16(13)18-15/h8-10H,3-7H2,1-2H3. The molecule has 2 heteroatoms. The van der Waals surface area contributed by atoms with Gasteiger partial charge in [-0.2, -0.15) is 5.26 Å². The largest absolute Gasteiger partial charge is 0.460 e. The predicted octanol–water partition coefficient (Wildman–Crippen LogP) is 4.74. The molecule has 0 saturated heterocycles. The molecule has 1 heterocycles. The lowest BCUT2D eigenvalue weighted by Crippen LogP contribution is -1.86. The van der Waals surface area contributed by atoms with E-state index >= 15 is 0 Å². The van der Waals surface area contributed by atoms with Crippen molar-refractivity contribution in [3.8, 4) is 6.07 Å². The van der Waals surface area contributed by atoms with Crippen LogP contribution in [0.15, 0.2) is 22.6 Å². The molecule has 1 aromatic carbocycles. The van der Waals surface area contributed by atoms with Crippen LogP contribution in [0.1, 0.15) is 49.5 Å². The summed E-state index contributed by atoms with van der Waals surface area (Å²) < 4.78 is 5.80. The second-order valence-corrected chi connectivity index (χ2v) is 4.82. The molecule has 0 bridgehead atoms. The van der Waals surface area contributed by atoms with E-state index in [0.717, 1.165) is 40.7 Å². The van der Waals surface area contributed by atoms with Gasteiger partial charge in [-0.15, -0.1) is 0 Å². The number of rotatable bonds is 5. The van der Waals surface area contributed by atoms with Crippen LogP contribution in [0.3, 0.4) is 0 Å². The minimum Gasteiger partial charge on any atom is -0.460 e. The van der Waals surface area contributed by atoms with E-state index in [2.05, 4.69) is 13.0 Å². The number of furan rings is 1. The van der Waals surface area contributed by atoms with Crippen LogP contribution >= 0.6 is 0 Å². The van der Waals surface area contributed by atoms with Crippen LogP contribution in [-0.4, -0.2) is 0 Å². The van der Waals surface area contributed by atoms with E-state index < -0.39 is 0 Å². The van der Waals surface area contributed by atoms with Crippen molar-refractivity contribution in [2.45, 2.75) is 46.0 Å². The molecule has 0 unspecified atom stereocenters. The Morgan fingerprint density at radius 1 is 1.22 bits per heavy atom. The molecule has 0 spiro atoms. The summed E-state index contributed by atoms with van der Waals surface area (Å²) in [5, 5.41) is 10.3. The lowest BCUT2D eigenvalue weighted by molar-refractivity contribution is 0.525. The Morgan fingerprint density at radius 3 is 2.78 bits per heavy atom. The average molecular weight is 241 g/mol. The average Bonchev–Trinajstić information content (AvgIpc) is 2.71. The van der Waals surface area contributed by atoms with E-state index in [-0.39, 0.29) is 0 Å². The van der Waals surface area contributed by atoms with Crippen molar-refractivity contribution in [2.75, 3.05) is 0 Å². The van der Waals surface area contributed by atoms with E-state index in [1.54, 1.807) is 0 Å². The summed E-state index contributed by atoms with van der Waals surface area (Å²) in [7, 11) is 0. The van der Waals surface area contributed by atoms with Gasteiger partial charge in [0, 0.05) is 11.8 Å². The van der Waals surface area contributed by atoms with Crippen molar-refractivity contribution >= 4 is 11.0 Å². The molecule has 2 nitrogen and oxygen atoms in total. The van der Waals surface area contributed by atoms with Gasteiger partial charge in [0.1, 0.15) is 23.0 Å². The summed E-state index contributed by atoms with van der Waals surface area (Å²) in [5.41, 5.74) is 2.73. The number of nitriles is 1. The van der Waals surface area contributed by atoms with Gasteiger partial charge in [0.25, 0.3) is 0 Å². The van der Waals surface area contributed by atoms with Crippen molar-refractivity contribution in [1.82, 2.24) is 0 Å². The number of benzene rings is 1. The zero-order chi connectivity index (χ0) is 13.0. The summed E-state index contributed by atoms with van der Waals surface area (Å²) in [6.45, 7) is 4.24. The van der Waals surface area contributed by atoms with Crippen molar-refractivity contribution in [3.05, 3.63) is 35.1 Å². The molecule has 0 saturated carbocycles. The van der Waals surface area contributed by atoms with Crippen LogP contribution in [0.5, 0.6) is 0 Å². The fourth-order valence-electron chi connectivity index (χ4n) is 2.27. The number of fused-ring (bicyclic) bond motifs is 1. The smallest absolute Gasteiger partial charge is 0.135 e. The number of aryl methyl sites for hydroxylation is 2. The van der Waals surface area contributed by atoms with Crippen LogP contribution in [0.2, 0.25) is 0 Å². The summed E-state index contributed by atoms with van der Waals surface area (Å²) in [6.07, 6.45) is 5.65. The van der Waals surface area contributed by atoms with Crippen LogP contribution in [0.4, 0.5) is 0 Å². The number of nitrogens with zero attached hydrogens (tertiary/aromatic N) is 1. The highest BCUT2D eigenvalue weighted by molar-refractivity contribution is 5.85. The van der Waals surface area contributed by atoms with Crippen molar-refractivity contribution in [1.29, 1.82) is 5.26 Å². The second-order valence-electron chi connectivity index (χ2n) is 4.82. The van der Waals surface area contributed by atoms with Crippen molar-refractivity contribution < 1.29 is 4.42 Å². The third-order valence-electron chi connectivity index (χ3n) is 3.29. The zero-order valence-electron chi connectivity index (χ0n) is 11.1. The van der Waals surface area contributed by atoms with Gasteiger partial charge in [0.05, 0.1) is 0 Å². The summed E-state index contributed by atoms with van der Waals surface area (Å²) >= 11 is 0. The van der Waals surface area contributed by atoms with Gasteiger partial charge in [0.15, 0.2) is 0 Å². The van der Waals surface area contributed by atoms with Crippen LogP contribution in [0, 0.1) is 18.3 Å². The van der Waals surface area contributed by atoms with E-state index in [9.17, 15) is 5.26 Å². The number of hydrogen-bond acceptors (Lipinski definition) is 2. The highest BCUT2D eigenvalue weighted by atomic mass is 16.3. The first-order valence-corrected chi connectivity index (χ1v) is 6.68. The lowest BCUT2D eigenvalue weighted by atomic mass is 10.1. The Bertz CT molecular complexity index is 575. The molecule has 0 amide bonds. The molecule has 0 fully saturated rings. The topological polar surface area (TPSA) is 36.9 Å². The third-order valence-corrected chi connectivity index (χ3v) is 3.29. The van der Waals surface area contributed by atoms with Crippen molar-refractivity contribution in [2.24, 2.45) is 0 Å². The molecule has 2 aromatic rings. The molecule has 1 aromatic heterocycles. The molecule has 0 aliphatic heterocycles. The quantitative estimate of drug-likeness (QED) is 0.709. The van der Waals surface area contributed by atoms with Crippen LogP contribution < -0.4 is 0 Å². The molecular formula is C16H19NO. The molecule has 0 aliphatic carbocycles. The fraction of sp³-hybridized carbons (Fsp3) is 0.438. The summed E-state index contributed by atoms with van der Waals surface area (Å²) in [6, 6.07) is 8.31. The molecule has 0 radical (unpaired) electrons. The summed E-state index contributed by atoms with van der Waals surface area (Å²) in [5.74, 6) is 0.856. The zero-order valence-corrected chi connectivity index (χ0v) is 11.1. The van der Waals surface area contributed by atoms with Gasteiger partial charge in [-0.3, -0.25) is 0 Å². The molecule has 2 rings (SSSR count). The highest BCUT2D eigenvalue weighted by Gasteiger charge is 2.13. The van der Waals surface area contributed by atoms with Gasteiger partial charge < -0.3 is 4.42 Å². The fourth-order valence-corrected chi connectivity index (χ4v) is 2.27. The maximum Gasteiger partial charge on any atom is 0.135 e. The number of hydrogen-bond donors (Lipinski definition) is 0. The maximum atomic E-state index is 9.29. The first-order valence-electron chi connectivity index (χ1n) is 6.68. The SMILES string of the molecule is CCCCCCc1oc2ccc(C)cc2c1C#N. The van der Waals surface area contributed by atoms with Crippen LogP contribution in [0.25, 0.3) is 11.0 Å². The molecule has 94 valence electrons. The van der Waals surface area contributed by atoms with Gasteiger partial charge in [0.2, 0.25) is 0 Å². The molecule has 18 heavy (non-hydrogen) atoms. The predicted molar refractivity (Wildman–Crippen MR) is 73.5 cm³/mol. The highest BCUT2D eigenvalue weighted by Crippen LogP contribution is 2.27. The molecule has 0 N–H and O–H groups in total. The Morgan fingerprint density at radius 2 is 2.06 bits per heavy atom. The monoisotopic (exact) mass is 241 g/mol. The van der Waals surface area contributed by atoms with E-state index in [4.69, 9.17) is 4.42 Å². The minimum atomic E-state index is 0.727.